The van der Waals surface area contributed by atoms with Gasteiger partial charge < -0.3 is 19.9 Å². The van der Waals surface area contributed by atoms with Gasteiger partial charge in [0.05, 0.1) is 27.7 Å². The van der Waals surface area contributed by atoms with Gasteiger partial charge >= 0.3 is 0 Å². The summed E-state index contributed by atoms with van der Waals surface area (Å²) in [7, 11) is -3.61. The van der Waals surface area contributed by atoms with E-state index in [1.165, 1.54) is 21.6 Å². The highest BCUT2D eigenvalue weighted by Crippen LogP contribution is 2.56. The molecule has 2 fully saturated rings. The number of nitrogens with one attached hydrogen (secondary N) is 1. The van der Waals surface area contributed by atoms with Gasteiger partial charge in [-0.05, 0) is 55.5 Å². The summed E-state index contributed by atoms with van der Waals surface area (Å²) in [5.74, 6) is -1.02. The SMILES string of the molecule is N#Cc1ccc(CNC(=O)c2ccc3n(c2=O)CCN(CC2(S(=O)(=O)C4(CO)CC4)CC2)C3=O)cc1. The normalized spacial score (nSPS) is 19.2. The first kappa shape index (κ1) is 24.2. The van der Waals surface area contributed by atoms with Crippen LogP contribution < -0.4 is 10.9 Å². The number of aliphatic hydroxyl groups is 1. The van der Waals surface area contributed by atoms with Crippen LogP contribution in [0.15, 0.2) is 41.2 Å². The zero-order valence-electron chi connectivity index (χ0n) is 19.6. The van der Waals surface area contributed by atoms with Gasteiger partial charge in [-0.2, -0.15) is 5.26 Å². The summed E-state index contributed by atoms with van der Waals surface area (Å²) in [5, 5.41) is 21.2. The summed E-state index contributed by atoms with van der Waals surface area (Å²) in [6.07, 6.45) is 1.78. The van der Waals surface area contributed by atoms with Crippen molar-refractivity contribution in [3.8, 4) is 6.07 Å². The Morgan fingerprint density at radius 2 is 1.69 bits per heavy atom. The molecule has 1 aliphatic heterocycles. The Kier molecular flexibility index (Phi) is 5.76. The predicted octanol–water partition coefficient (Wildman–Crippen LogP) is 0.578. The number of amides is 2. The fourth-order valence-electron chi connectivity index (χ4n) is 4.88. The van der Waals surface area contributed by atoms with Crippen LogP contribution in [0.25, 0.3) is 0 Å². The first-order valence-electron chi connectivity index (χ1n) is 11.8. The molecule has 10 nitrogen and oxygen atoms in total. The minimum Gasteiger partial charge on any atom is -0.395 e. The van der Waals surface area contributed by atoms with Crippen molar-refractivity contribution in [3.05, 3.63) is 69.1 Å². The van der Waals surface area contributed by atoms with E-state index in [4.69, 9.17) is 5.26 Å². The molecule has 0 radical (unpaired) electrons. The lowest BCUT2D eigenvalue weighted by Gasteiger charge is -2.33. The molecule has 5 rings (SSSR count). The number of nitrogens with zero attached hydrogens (tertiary/aromatic N) is 3. The maximum atomic E-state index is 13.2. The molecule has 3 aliphatic rings. The van der Waals surface area contributed by atoms with Gasteiger partial charge in [-0.1, -0.05) is 12.1 Å². The quantitative estimate of drug-likeness (QED) is 0.527. The van der Waals surface area contributed by atoms with Crippen LogP contribution in [-0.4, -0.2) is 64.0 Å². The second-order valence-corrected chi connectivity index (χ2v) is 12.6. The molecule has 2 heterocycles. The lowest BCUT2D eigenvalue weighted by molar-refractivity contribution is 0.0694. The molecule has 2 saturated carbocycles. The molecular weight excluding hydrogens is 484 g/mol. The van der Waals surface area contributed by atoms with E-state index in [0.29, 0.717) is 31.2 Å². The van der Waals surface area contributed by atoms with Gasteiger partial charge in [0.15, 0.2) is 9.84 Å². The summed E-state index contributed by atoms with van der Waals surface area (Å²) in [5.41, 5.74) is 0.718. The van der Waals surface area contributed by atoms with Crippen molar-refractivity contribution in [3.63, 3.8) is 0 Å². The molecule has 11 heteroatoms. The molecule has 2 aromatic rings. The monoisotopic (exact) mass is 510 g/mol. The van der Waals surface area contributed by atoms with Gasteiger partial charge in [0.2, 0.25) is 0 Å². The minimum atomic E-state index is -3.61. The fourth-order valence-corrected chi connectivity index (χ4v) is 7.57. The zero-order chi connectivity index (χ0) is 25.7. The number of pyridine rings is 1. The maximum Gasteiger partial charge on any atom is 0.270 e. The number of carbonyl (C=O) groups excluding carboxylic acids is 2. The van der Waals surface area contributed by atoms with Gasteiger partial charge in [0, 0.05) is 26.2 Å². The Hall–Kier alpha value is -3.49. The molecule has 0 spiro atoms. The highest BCUT2D eigenvalue weighted by atomic mass is 32.2. The van der Waals surface area contributed by atoms with Crippen LogP contribution in [0, 0.1) is 11.3 Å². The Morgan fingerprint density at radius 1 is 1.03 bits per heavy atom. The number of hydrogen-bond donors (Lipinski definition) is 2. The van der Waals surface area contributed by atoms with Crippen molar-refractivity contribution in [2.45, 2.75) is 48.3 Å². The lowest BCUT2D eigenvalue weighted by Crippen LogP contribution is -2.51. The highest BCUT2D eigenvalue weighted by Gasteiger charge is 2.67. The van der Waals surface area contributed by atoms with Gasteiger partial charge in [-0.15, -0.1) is 0 Å². The topological polar surface area (TPSA) is 150 Å². The lowest BCUT2D eigenvalue weighted by atomic mass is 10.1. The van der Waals surface area contributed by atoms with E-state index >= 15 is 0 Å². The zero-order valence-corrected chi connectivity index (χ0v) is 20.4. The molecule has 2 N–H and O–H groups in total. The van der Waals surface area contributed by atoms with Crippen LogP contribution in [0.5, 0.6) is 0 Å². The van der Waals surface area contributed by atoms with Crippen molar-refractivity contribution in [2.75, 3.05) is 19.7 Å². The number of sulfone groups is 1. The number of aromatic nitrogens is 1. The van der Waals surface area contributed by atoms with Crippen molar-refractivity contribution >= 4 is 21.7 Å². The van der Waals surface area contributed by atoms with Crippen molar-refractivity contribution in [1.29, 1.82) is 5.26 Å². The van der Waals surface area contributed by atoms with Crippen LogP contribution >= 0.6 is 0 Å². The van der Waals surface area contributed by atoms with E-state index in [1.54, 1.807) is 24.3 Å². The number of aliphatic hydroxyl groups excluding tert-OH is 1. The van der Waals surface area contributed by atoms with Crippen LogP contribution in [-0.2, 0) is 22.9 Å². The summed E-state index contributed by atoms with van der Waals surface area (Å²) in [4.78, 5) is 40.3. The molecule has 1 aromatic heterocycles. The summed E-state index contributed by atoms with van der Waals surface area (Å²) >= 11 is 0. The molecule has 188 valence electrons. The molecule has 1 aromatic carbocycles. The summed E-state index contributed by atoms with van der Waals surface area (Å²) < 4.78 is 25.6. The Morgan fingerprint density at radius 3 is 2.28 bits per heavy atom. The van der Waals surface area contributed by atoms with E-state index in [1.807, 2.05) is 6.07 Å². The second-order valence-electron chi connectivity index (χ2n) is 9.83. The second kappa shape index (κ2) is 8.57. The predicted molar refractivity (Wildman–Crippen MR) is 129 cm³/mol. The van der Waals surface area contributed by atoms with E-state index < -0.39 is 43.3 Å². The van der Waals surface area contributed by atoms with E-state index in [0.717, 1.165) is 5.56 Å². The first-order valence-corrected chi connectivity index (χ1v) is 13.3. The highest BCUT2D eigenvalue weighted by molar-refractivity contribution is 7.94. The molecule has 0 bridgehead atoms. The molecule has 0 saturated heterocycles. The Labute approximate surface area is 208 Å². The van der Waals surface area contributed by atoms with Crippen molar-refractivity contribution in [1.82, 2.24) is 14.8 Å². The van der Waals surface area contributed by atoms with E-state index in [-0.39, 0.29) is 37.4 Å². The number of nitriles is 1. The van der Waals surface area contributed by atoms with E-state index in [9.17, 15) is 27.9 Å². The van der Waals surface area contributed by atoms with Crippen molar-refractivity contribution in [2.24, 2.45) is 0 Å². The molecule has 36 heavy (non-hydrogen) atoms. The number of benzene rings is 1. The third kappa shape index (κ3) is 3.81. The Bertz CT molecular complexity index is 1450. The number of carbonyl (C=O) groups is 2. The van der Waals surface area contributed by atoms with Gasteiger partial charge in [-0.3, -0.25) is 14.4 Å². The summed E-state index contributed by atoms with van der Waals surface area (Å²) in [6, 6.07) is 11.5. The van der Waals surface area contributed by atoms with Crippen molar-refractivity contribution < 1.29 is 23.1 Å². The largest absolute Gasteiger partial charge is 0.395 e. The van der Waals surface area contributed by atoms with Gasteiger partial charge in [-0.25, -0.2) is 8.42 Å². The first-order chi connectivity index (χ1) is 17.2. The van der Waals surface area contributed by atoms with Crippen LogP contribution in [0.2, 0.25) is 0 Å². The fraction of sp³-hybridized carbons (Fsp3) is 0.440. The van der Waals surface area contributed by atoms with Crippen LogP contribution in [0.1, 0.15) is 57.7 Å². The summed E-state index contributed by atoms with van der Waals surface area (Å²) in [6.45, 7) is 0.115. The third-order valence-corrected chi connectivity index (χ3v) is 10.9. The standard InChI is InChI=1S/C25H26N4O6S/c26-13-17-1-3-18(4-2-17)14-27-21(31)19-5-6-20-23(33)28(11-12-29(20)22(19)32)15-24(7-8-24)36(34,35)25(16-30)9-10-25/h1-6,30H,7-12,14-16H2,(H,27,31). The molecule has 0 unspecified atom stereocenters. The maximum absolute atomic E-state index is 13.2. The minimum absolute atomic E-state index is 0.0386. The molecule has 2 amide bonds. The van der Waals surface area contributed by atoms with Crippen LogP contribution in [0.4, 0.5) is 0 Å². The van der Waals surface area contributed by atoms with E-state index in [2.05, 4.69) is 5.32 Å². The molecule has 0 atom stereocenters. The molecular formula is C25H26N4O6S. The van der Waals surface area contributed by atoms with Crippen LogP contribution in [0.3, 0.4) is 0 Å². The number of fused-ring (bicyclic) bond motifs is 1. The number of rotatable bonds is 8. The third-order valence-electron chi connectivity index (χ3n) is 7.58. The van der Waals surface area contributed by atoms with Gasteiger partial charge in [0.1, 0.15) is 11.3 Å². The smallest absolute Gasteiger partial charge is 0.270 e. The average molecular weight is 511 g/mol. The van der Waals surface area contributed by atoms with Gasteiger partial charge in [0.25, 0.3) is 17.4 Å². The number of hydrogen-bond acceptors (Lipinski definition) is 7. The molecule has 2 aliphatic carbocycles. The Balaban J connectivity index is 1.30. The average Bonchev–Trinajstić information content (AvgIpc) is 3.80.